The van der Waals surface area contributed by atoms with Crippen LogP contribution in [-0.2, 0) is 19.1 Å². The highest BCUT2D eigenvalue weighted by Gasteiger charge is 2.60. The third kappa shape index (κ3) is 2.42. The van der Waals surface area contributed by atoms with Gasteiger partial charge in [-0.2, -0.15) is 0 Å². The lowest BCUT2D eigenvalue weighted by molar-refractivity contribution is -0.233. The van der Waals surface area contributed by atoms with E-state index in [2.05, 4.69) is 0 Å². The quantitative estimate of drug-likeness (QED) is 0.570. The molecule has 0 aromatic heterocycles. The first-order chi connectivity index (χ1) is 8.72. The number of fused-ring (bicyclic) bond motifs is 1. The number of rotatable bonds is 2. The molecule has 0 radical (unpaired) electrons. The zero-order valence-corrected chi connectivity index (χ0v) is 12.3. The van der Waals surface area contributed by atoms with Gasteiger partial charge in [-0.05, 0) is 46.5 Å². The van der Waals surface area contributed by atoms with Gasteiger partial charge < -0.3 is 9.47 Å². The molecule has 19 heavy (non-hydrogen) atoms. The van der Waals surface area contributed by atoms with Gasteiger partial charge in [0, 0.05) is 11.8 Å². The van der Waals surface area contributed by atoms with Crippen LogP contribution in [0.1, 0.15) is 59.8 Å². The zero-order valence-electron chi connectivity index (χ0n) is 12.3. The summed E-state index contributed by atoms with van der Waals surface area (Å²) in [4.78, 5) is 23.2. The molecule has 3 atom stereocenters. The molecule has 0 aromatic rings. The second-order valence-electron chi connectivity index (χ2n) is 7.01. The Morgan fingerprint density at radius 1 is 1.37 bits per heavy atom. The Hall–Kier alpha value is -0.900. The number of hydrogen-bond acceptors (Lipinski definition) is 4. The Morgan fingerprint density at radius 2 is 2.05 bits per heavy atom. The lowest BCUT2D eigenvalue weighted by atomic mass is 9.59. The molecule has 0 N–H and O–H groups in total. The molecule has 1 aliphatic heterocycles. The molecule has 1 aliphatic carbocycles. The number of carbonyl (C=O) groups excluding carboxylic acids is 2. The first-order valence-corrected chi connectivity index (χ1v) is 7.08. The number of ether oxygens (including phenoxy) is 2. The van der Waals surface area contributed by atoms with Crippen molar-refractivity contribution in [2.24, 2.45) is 5.41 Å². The Morgan fingerprint density at radius 3 is 2.63 bits per heavy atom. The van der Waals surface area contributed by atoms with Crippen molar-refractivity contribution in [1.29, 1.82) is 0 Å². The predicted octanol–water partition coefficient (Wildman–Crippen LogP) is 2.64. The summed E-state index contributed by atoms with van der Waals surface area (Å²) in [5.74, 6) is -0.263. The van der Waals surface area contributed by atoms with Crippen LogP contribution < -0.4 is 0 Å². The van der Waals surface area contributed by atoms with Crippen LogP contribution in [0.4, 0.5) is 0 Å². The molecule has 1 saturated heterocycles. The number of esters is 1. The fraction of sp³-hybridized carbons (Fsp3) is 0.867. The van der Waals surface area contributed by atoms with Crippen molar-refractivity contribution in [3.05, 3.63) is 0 Å². The van der Waals surface area contributed by atoms with Gasteiger partial charge in [0.15, 0.2) is 11.9 Å². The summed E-state index contributed by atoms with van der Waals surface area (Å²) in [7, 11) is 0. The topological polar surface area (TPSA) is 52.6 Å². The van der Waals surface area contributed by atoms with Crippen LogP contribution in [0, 0.1) is 5.41 Å². The molecule has 0 aromatic carbocycles. The Labute approximate surface area is 114 Å². The van der Waals surface area contributed by atoms with Crippen LogP contribution in [-0.4, -0.2) is 29.6 Å². The highest BCUT2D eigenvalue weighted by atomic mass is 16.6. The summed E-state index contributed by atoms with van der Waals surface area (Å²) in [6.07, 6.45) is 4.20. The molecule has 1 saturated carbocycles. The molecule has 0 spiro atoms. The van der Waals surface area contributed by atoms with Crippen LogP contribution in [0.15, 0.2) is 0 Å². The lowest BCUT2D eigenvalue weighted by Crippen LogP contribution is -2.63. The standard InChI is InChI=1S/C15H24O4/c1-13(2,3)18-11-6-5-8-15(10-16)14(11,4)9-7-12(17)19-15/h10-11H,5-9H2,1-4H3/t11-,14+,15?/m0/s1. The van der Waals surface area contributed by atoms with E-state index < -0.39 is 11.0 Å². The fourth-order valence-corrected chi connectivity index (χ4v) is 3.42. The molecular weight excluding hydrogens is 244 g/mol. The average molecular weight is 268 g/mol. The molecule has 0 bridgehead atoms. The van der Waals surface area contributed by atoms with Crippen molar-refractivity contribution in [3.8, 4) is 0 Å². The van der Waals surface area contributed by atoms with E-state index in [1.165, 1.54) is 0 Å². The van der Waals surface area contributed by atoms with Gasteiger partial charge in [-0.15, -0.1) is 0 Å². The van der Waals surface area contributed by atoms with Gasteiger partial charge in [0.05, 0.1) is 11.7 Å². The minimum absolute atomic E-state index is 0.0421. The highest BCUT2D eigenvalue weighted by Crippen LogP contribution is 2.53. The summed E-state index contributed by atoms with van der Waals surface area (Å²) in [5.41, 5.74) is -1.66. The zero-order chi connectivity index (χ0) is 14.3. The molecule has 0 amide bonds. The van der Waals surface area contributed by atoms with Crippen molar-refractivity contribution >= 4 is 12.3 Å². The van der Waals surface area contributed by atoms with Crippen LogP contribution in [0.5, 0.6) is 0 Å². The van der Waals surface area contributed by atoms with Crippen LogP contribution in [0.3, 0.4) is 0 Å². The SMILES string of the molecule is CC(C)(C)O[C@H]1CCCC2(C=O)OC(=O)CC[C@]12C. The highest BCUT2D eigenvalue weighted by molar-refractivity contribution is 5.78. The van der Waals surface area contributed by atoms with E-state index in [0.29, 0.717) is 19.3 Å². The molecule has 2 rings (SSSR count). The number of aldehydes is 1. The van der Waals surface area contributed by atoms with Gasteiger partial charge in [-0.3, -0.25) is 9.59 Å². The largest absolute Gasteiger partial charge is 0.451 e. The third-order valence-electron chi connectivity index (χ3n) is 4.52. The van der Waals surface area contributed by atoms with Gasteiger partial charge in [0.1, 0.15) is 0 Å². The smallest absolute Gasteiger partial charge is 0.306 e. The van der Waals surface area contributed by atoms with E-state index in [4.69, 9.17) is 9.47 Å². The van der Waals surface area contributed by atoms with Crippen molar-refractivity contribution in [2.75, 3.05) is 0 Å². The van der Waals surface area contributed by atoms with Crippen LogP contribution >= 0.6 is 0 Å². The lowest BCUT2D eigenvalue weighted by Gasteiger charge is -2.55. The van der Waals surface area contributed by atoms with E-state index >= 15 is 0 Å². The van der Waals surface area contributed by atoms with Gasteiger partial charge in [0.25, 0.3) is 0 Å². The minimum Gasteiger partial charge on any atom is -0.451 e. The summed E-state index contributed by atoms with van der Waals surface area (Å²) in [6, 6.07) is 0. The van der Waals surface area contributed by atoms with Crippen molar-refractivity contribution < 1.29 is 19.1 Å². The Kier molecular flexibility index (Phi) is 3.50. The van der Waals surface area contributed by atoms with Gasteiger partial charge in [0.2, 0.25) is 0 Å². The maximum atomic E-state index is 11.6. The van der Waals surface area contributed by atoms with E-state index in [-0.39, 0.29) is 17.7 Å². The molecule has 2 aliphatic rings. The number of hydrogen-bond donors (Lipinski definition) is 0. The first-order valence-electron chi connectivity index (χ1n) is 7.08. The van der Waals surface area contributed by atoms with E-state index in [0.717, 1.165) is 19.1 Å². The molecule has 4 heteroatoms. The Bertz CT molecular complexity index is 384. The van der Waals surface area contributed by atoms with Crippen molar-refractivity contribution in [2.45, 2.75) is 77.1 Å². The van der Waals surface area contributed by atoms with E-state index in [1.807, 2.05) is 27.7 Å². The average Bonchev–Trinajstić information content (AvgIpc) is 2.30. The molecule has 4 nitrogen and oxygen atoms in total. The Balaban J connectivity index is 2.33. The summed E-state index contributed by atoms with van der Waals surface area (Å²) < 4.78 is 11.7. The summed E-state index contributed by atoms with van der Waals surface area (Å²) >= 11 is 0. The number of carbonyl (C=O) groups is 2. The van der Waals surface area contributed by atoms with Crippen LogP contribution in [0.2, 0.25) is 0 Å². The summed E-state index contributed by atoms with van der Waals surface area (Å²) in [5, 5.41) is 0. The predicted molar refractivity (Wildman–Crippen MR) is 70.7 cm³/mol. The molecule has 1 heterocycles. The van der Waals surface area contributed by atoms with E-state index in [9.17, 15) is 9.59 Å². The minimum atomic E-state index is -0.990. The molecule has 2 fully saturated rings. The third-order valence-corrected chi connectivity index (χ3v) is 4.52. The normalized spacial score (nSPS) is 39.4. The first kappa shape index (κ1) is 14.5. The van der Waals surface area contributed by atoms with Gasteiger partial charge in [-0.25, -0.2) is 0 Å². The maximum absolute atomic E-state index is 11.6. The van der Waals surface area contributed by atoms with Crippen molar-refractivity contribution in [3.63, 3.8) is 0 Å². The van der Waals surface area contributed by atoms with Crippen LogP contribution in [0.25, 0.3) is 0 Å². The molecule has 108 valence electrons. The monoisotopic (exact) mass is 268 g/mol. The van der Waals surface area contributed by atoms with E-state index in [1.54, 1.807) is 0 Å². The van der Waals surface area contributed by atoms with Gasteiger partial charge >= 0.3 is 5.97 Å². The maximum Gasteiger partial charge on any atom is 0.306 e. The second-order valence-corrected chi connectivity index (χ2v) is 7.01. The summed E-state index contributed by atoms with van der Waals surface area (Å²) in [6.45, 7) is 8.08. The molecule has 1 unspecified atom stereocenters. The second kappa shape index (κ2) is 4.58. The van der Waals surface area contributed by atoms with Crippen molar-refractivity contribution in [1.82, 2.24) is 0 Å². The molecular formula is C15H24O4. The van der Waals surface area contributed by atoms with Gasteiger partial charge in [-0.1, -0.05) is 6.92 Å². The fourth-order valence-electron chi connectivity index (χ4n) is 3.42.